The monoisotopic (exact) mass is 232 g/mol. The van der Waals surface area contributed by atoms with E-state index < -0.39 is 0 Å². The van der Waals surface area contributed by atoms with Crippen LogP contribution in [-0.4, -0.2) is 26.3 Å². The molecule has 0 spiro atoms. The van der Waals surface area contributed by atoms with Crippen molar-refractivity contribution in [1.29, 1.82) is 5.26 Å². The molecule has 0 N–H and O–H groups in total. The molecule has 0 atom stereocenters. The van der Waals surface area contributed by atoms with Crippen molar-refractivity contribution in [2.24, 2.45) is 0 Å². The molecule has 0 aromatic heterocycles. The first kappa shape index (κ1) is 13.5. The third kappa shape index (κ3) is 4.08. The summed E-state index contributed by atoms with van der Waals surface area (Å²) >= 11 is 0. The van der Waals surface area contributed by atoms with Gasteiger partial charge in [0.1, 0.15) is 0 Å². The fourth-order valence-electron chi connectivity index (χ4n) is 1.46. The van der Waals surface area contributed by atoms with E-state index in [2.05, 4.69) is 24.8 Å². The second-order valence-electron chi connectivity index (χ2n) is 4.79. The third-order valence-corrected chi connectivity index (χ3v) is 3.04. The van der Waals surface area contributed by atoms with Crippen LogP contribution >= 0.6 is 0 Å². The average molecular weight is 232 g/mol. The third-order valence-electron chi connectivity index (χ3n) is 3.04. The molecule has 92 valence electrons. The van der Waals surface area contributed by atoms with Gasteiger partial charge in [0.25, 0.3) is 0 Å². The summed E-state index contributed by atoms with van der Waals surface area (Å²) in [5.74, 6) is 0. The van der Waals surface area contributed by atoms with Crippen molar-refractivity contribution in [3.05, 3.63) is 29.8 Å². The molecule has 1 aromatic carbocycles. The quantitative estimate of drug-likeness (QED) is 0.783. The lowest BCUT2D eigenvalue weighted by Gasteiger charge is -2.27. The van der Waals surface area contributed by atoms with Gasteiger partial charge in [0.05, 0.1) is 17.2 Å². The summed E-state index contributed by atoms with van der Waals surface area (Å²) in [4.78, 5) is 2.17. The standard InChI is InChI=1S/C14H20N2O/c1-14(2,17-4)9-10-16(3)13-7-5-12(11-15)6-8-13/h5-8H,9-10H2,1-4H3. The Labute approximate surface area is 104 Å². The van der Waals surface area contributed by atoms with E-state index >= 15 is 0 Å². The molecule has 0 radical (unpaired) electrons. The Morgan fingerprint density at radius 1 is 1.29 bits per heavy atom. The summed E-state index contributed by atoms with van der Waals surface area (Å²) < 4.78 is 5.39. The second kappa shape index (κ2) is 5.70. The minimum atomic E-state index is -0.0964. The van der Waals surface area contributed by atoms with Crippen molar-refractivity contribution >= 4 is 5.69 Å². The Kier molecular flexibility index (Phi) is 4.53. The number of rotatable bonds is 5. The van der Waals surface area contributed by atoms with Gasteiger partial charge in [-0.05, 0) is 44.5 Å². The first-order chi connectivity index (χ1) is 7.98. The van der Waals surface area contributed by atoms with Gasteiger partial charge >= 0.3 is 0 Å². The zero-order valence-electron chi connectivity index (χ0n) is 11.0. The van der Waals surface area contributed by atoms with Gasteiger partial charge in [-0.3, -0.25) is 0 Å². The molecule has 0 aliphatic carbocycles. The van der Waals surface area contributed by atoms with Gasteiger partial charge in [-0.1, -0.05) is 0 Å². The summed E-state index contributed by atoms with van der Waals surface area (Å²) in [6.07, 6.45) is 0.958. The minimum Gasteiger partial charge on any atom is -0.379 e. The van der Waals surface area contributed by atoms with E-state index in [1.807, 2.05) is 31.3 Å². The Morgan fingerprint density at radius 2 is 1.88 bits per heavy atom. The van der Waals surface area contributed by atoms with Crippen LogP contribution < -0.4 is 4.90 Å². The molecule has 1 rings (SSSR count). The maximum Gasteiger partial charge on any atom is 0.0991 e. The molecule has 0 bridgehead atoms. The predicted octanol–water partition coefficient (Wildman–Crippen LogP) is 2.81. The second-order valence-corrected chi connectivity index (χ2v) is 4.79. The van der Waals surface area contributed by atoms with Gasteiger partial charge in [0.2, 0.25) is 0 Å². The van der Waals surface area contributed by atoms with Crippen LogP contribution in [-0.2, 0) is 4.74 Å². The van der Waals surface area contributed by atoms with E-state index in [0.717, 1.165) is 18.7 Å². The van der Waals surface area contributed by atoms with E-state index in [0.29, 0.717) is 5.56 Å². The Bertz CT molecular complexity index is 390. The Balaban J connectivity index is 2.58. The minimum absolute atomic E-state index is 0.0964. The van der Waals surface area contributed by atoms with Crippen molar-refractivity contribution in [3.63, 3.8) is 0 Å². The first-order valence-corrected chi connectivity index (χ1v) is 5.75. The number of anilines is 1. The molecule has 0 saturated heterocycles. The highest BCUT2D eigenvalue weighted by atomic mass is 16.5. The van der Waals surface area contributed by atoms with Crippen LogP contribution in [0.2, 0.25) is 0 Å². The SMILES string of the molecule is COC(C)(C)CCN(C)c1ccc(C#N)cc1. The molecule has 0 aliphatic heterocycles. The highest BCUT2D eigenvalue weighted by molar-refractivity contribution is 5.48. The molecule has 3 nitrogen and oxygen atoms in total. The predicted molar refractivity (Wildman–Crippen MR) is 70.1 cm³/mol. The van der Waals surface area contributed by atoms with Crippen LogP contribution in [0, 0.1) is 11.3 Å². The first-order valence-electron chi connectivity index (χ1n) is 5.75. The maximum absolute atomic E-state index is 8.73. The van der Waals surface area contributed by atoms with Gasteiger partial charge in [-0.25, -0.2) is 0 Å². The lowest BCUT2D eigenvalue weighted by atomic mass is 10.0. The number of benzene rings is 1. The molecule has 0 saturated carbocycles. The molecule has 0 heterocycles. The smallest absolute Gasteiger partial charge is 0.0991 e. The maximum atomic E-state index is 8.73. The number of ether oxygens (including phenoxy) is 1. The van der Waals surface area contributed by atoms with E-state index in [9.17, 15) is 0 Å². The van der Waals surface area contributed by atoms with Gasteiger partial charge in [0, 0.05) is 26.4 Å². The Morgan fingerprint density at radius 3 is 2.35 bits per heavy atom. The van der Waals surface area contributed by atoms with Crippen LogP contribution in [0.4, 0.5) is 5.69 Å². The van der Waals surface area contributed by atoms with Crippen molar-refractivity contribution in [2.75, 3.05) is 25.6 Å². The Hall–Kier alpha value is -1.53. The van der Waals surface area contributed by atoms with Crippen molar-refractivity contribution < 1.29 is 4.74 Å². The molecule has 0 aliphatic rings. The van der Waals surface area contributed by atoms with E-state index in [4.69, 9.17) is 10.00 Å². The van der Waals surface area contributed by atoms with Crippen LogP contribution in [0.3, 0.4) is 0 Å². The van der Waals surface area contributed by atoms with Crippen molar-refractivity contribution in [1.82, 2.24) is 0 Å². The number of nitriles is 1. The summed E-state index contributed by atoms with van der Waals surface area (Å²) in [6, 6.07) is 9.74. The molecule has 1 aromatic rings. The van der Waals surface area contributed by atoms with Crippen LogP contribution in [0.5, 0.6) is 0 Å². The summed E-state index contributed by atoms with van der Waals surface area (Å²) in [5, 5.41) is 8.73. The molecular weight excluding hydrogens is 212 g/mol. The lowest BCUT2D eigenvalue weighted by molar-refractivity contribution is 0.0174. The summed E-state index contributed by atoms with van der Waals surface area (Å²) in [5.41, 5.74) is 1.72. The zero-order valence-corrected chi connectivity index (χ0v) is 11.0. The van der Waals surface area contributed by atoms with Gasteiger partial charge in [-0.15, -0.1) is 0 Å². The van der Waals surface area contributed by atoms with E-state index in [1.165, 1.54) is 0 Å². The van der Waals surface area contributed by atoms with Crippen LogP contribution in [0.1, 0.15) is 25.8 Å². The number of nitrogens with zero attached hydrogens (tertiary/aromatic N) is 2. The molecule has 0 unspecified atom stereocenters. The van der Waals surface area contributed by atoms with Gasteiger partial charge < -0.3 is 9.64 Å². The van der Waals surface area contributed by atoms with E-state index in [-0.39, 0.29) is 5.60 Å². The molecule has 0 fully saturated rings. The number of methoxy groups -OCH3 is 1. The fourth-order valence-corrected chi connectivity index (χ4v) is 1.46. The highest BCUT2D eigenvalue weighted by Gasteiger charge is 2.16. The highest BCUT2D eigenvalue weighted by Crippen LogP contribution is 2.18. The molecule has 0 amide bonds. The summed E-state index contributed by atoms with van der Waals surface area (Å²) in [7, 11) is 3.79. The topological polar surface area (TPSA) is 36.3 Å². The largest absolute Gasteiger partial charge is 0.379 e. The van der Waals surface area contributed by atoms with Gasteiger partial charge in [-0.2, -0.15) is 5.26 Å². The van der Waals surface area contributed by atoms with Crippen molar-refractivity contribution in [3.8, 4) is 6.07 Å². The lowest BCUT2D eigenvalue weighted by Crippen LogP contribution is -2.30. The zero-order chi connectivity index (χ0) is 12.9. The normalized spacial score (nSPS) is 11.0. The van der Waals surface area contributed by atoms with Crippen LogP contribution in [0.25, 0.3) is 0 Å². The molecular formula is C14H20N2O. The molecule has 3 heteroatoms. The molecule has 17 heavy (non-hydrogen) atoms. The van der Waals surface area contributed by atoms with Crippen molar-refractivity contribution in [2.45, 2.75) is 25.9 Å². The number of hydrogen-bond acceptors (Lipinski definition) is 3. The number of hydrogen-bond donors (Lipinski definition) is 0. The summed E-state index contributed by atoms with van der Waals surface area (Å²) in [6.45, 7) is 5.09. The fraction of sp³-hybridized carbons (Fsp3) is 0.500. The van der Waals surface area contributed by atoms with Crippen LogP contribution in [0.15, 0.2) is 24.3 Å². The van der Waals surface area contributed by atoms with E-state index in [1.54, 1.807) is 7.11 Å². The average Bonchev–Trinajstić information content (AvgIpc) is 2.36. The van der Waals surface area contributed by atoms with Gasteiger partial charge in [0.15, 0.2) is 0 Å².